The van der Waals surface area contributed by atoms with E-state index >= 15 is 19.2 Å². The molecule has 5 aliphatic rings. The average Bonchev–Trinajstić information content (AvgIpc) is 3.66. The number of amides is 4. The molecule has 7 unspecified atom stereocenters. The van der Waals surface area contributed by atoms with Crippen LogP contribution >= 0.6 is 0 Å². The van der Waals surface area contributed by atoms with Crippen molar-refractivity contribution in [3.05, 3.63) is 154 Å². The van der Waals surface area contributed by atoms with Gasteiger partial charge in [0, 0.05) is 18.7 Å². The molecule has 5 aromatic carbocycles. The monoisotopic (exact) mass is 1060 g/mol. The van der Waals surface area contributed by atoms with Crippen molar-refractivity contribution in [3.63, 3.8) is 0 Å². The molecule has 4 amide bonds. The van der Waals surface area contributed by atoms with Crippen LogP contribution in [0, 0.1) is 23.7 Å². The first-order valence-corrected chi connectivity index (χ1v) is 26.8. The lowest BCUT2D eigenvalue weighted by molar-refractivity contribution is -0.179. The number of esters is 2. The zero-order valence-corrected chi connectivity index (χ0v) is 44.6. The van der Waals surface area contributed by atoms with E-state index in [1.807, 2.05) is 77.7 Å². The molecule has 406 valence electrons. The SMILES string of the molecule is COC(=O)C(NC(=O)N1C(=O)C2(c3cc(C#CC4(O)CCCCCC4)ccc31)C(C(=O)N1CCc3cc(OC)c(OC)cc3C1)C1C(=O)OC(c3ccccc3)C(c3ccccc3)N1C2c1ccc(OCCO)cc1)C(C)C. The second-order valence-electron chi connectivity index (χ2n) is 21.2. The molecule has 78 heavy (non-hydrogen) atoms. The maximum Gasteiger partial charge on any atom is 0.329 e. The molecular formula is C62H66N4O12. The molecule has 0 radical (unpaired) electrons. The number of carbonyl (C=O) groups is 5. The third-order valence-corrected chi connectivity index (χ3v) is 16.3. The second-order valence-corrected chi connectivity index (χ2v) is 21.2. The summed E-state index contributed by atoms with van der Waals surface area (Å²) >= 11 is 0. The molecule has 0 bridgehead atoms. The first-order chi connectivity index (χ1) is 37.8. The van der Waals surface area contributed by atoms with Crippen LogP contribution < -0.4 is 24.4 Å². The number of aliphatic hydroxyl groups excluding tert-OH is 1. The first kappa shape index (κ1) is 53.7. The zero-order chi connectivity index (χ0) is 54.9. The van der Waals surface area contributed by atoms with Crippen molar-refractivity contribution in [2.75, 3.05) is 46.0 Å². The van der Waals surface area contributed by atoms with E-state index in [4.69, 9.17) is 23.7 Å². The van der Waals surface area contributed by atoms with Crippen molar-refractivity contribution in [2.24, 2.45) is 11.8 Å². The molecule has 1 saturated carbocycles. The van der Waals surface area contributed by atoms with Crippen molar-refractivity contribution in [3.8, 4) is 29.1 Å². The van der Waals surface area contributed by atoms with Gasteiger partial charge in [-0.25, -0.2) is 14.5 Å². The van der Waals surface area contributed by atoms with Crippen LogP contribution in [0.5, 0.6) is 17.2 Å². The number of fused-ring (bicyclic) bond motifs is 4. The Bertz CT molecular complexity index is 3130. The van der Waals surface area contributed by atoms with Crippen molar-refractivity contribution in [1.82, 2.24) is 15.1 Å². The van der Waals surface area contributed by atoms with Gasteiger partial charge in [-0.15, -0.1) is 0 Å². The summed E-state index contributed by atoms with van der Waals surface area (Å²) in [6.45, 7) is 3.51. The van der Waals surface area contributed by atoms with Crippen LogP contribution in [0.15, 0.2) is 115 Å². The van der Waals surface area contributed by atoms with Crippen LogP contribution in [-0.2, 0) is 47.0 Å². The predicted molar refractivity (Wildman–Crippen MR) is 288 cm³/mol. The van der Waals surface area contributed by atoms with Crippen LogP contribution in [0.1, 0.15) is 110 Å². The van der Waals surface area contributed by atoms with Gasteiger partial charge in [0.05, 0.1) is 51.6 Å². The molecule has 0 aromatic heterocycles. The number of cyclic esters (lactones) is 1. The van der Waals surface area contributed by atoms with Crippen molar-refractivity contribution in [2.45, 2.75) is 107 Å². The summed E-state index contributed by atoms with van der Waals surface area (Å²) in [6.07, 6.45) is 3.94. The highest BCUT2D eigenvalue weighted by Crippen LogP contribution is 2.66. The number of hydrogen-bond acceptors (Lipinski definition) is 13. The summed E-state index contributed by atoms with van der Waals surface area (Å²) in [4.78, 5) is 83.0. The number of carbonyl (C=O) groups excluding carboxylic acids is 5. The van der Waals surface area contributed by atoms with E-state index in [-0.39, 0.29) is 37.6 Å². The van der Waals surface area contributed by atoms with Crippen molar-refractivity contribution in [1.29, 1.82) is 0 Å². The number of urea groups is 1. The van der Waals surface area contributed by atoms with Crippen LogP contribution in [-0.4, -0.2) is 109 Å². The maximum absolute atomic E-state index is 17.1. The molecule has 10 rings (SSSR count). The van der Waals surface area contributed by atoms with Gasteiger partial charge in [0.25, 0.3) is 0 Å². The second kappa shape index (κ2) is 22.3. The van der Waals surface area contributed by atoms with Gasteiger partial charge >= 0.3 is 18.0 Å². The number of ether oxygens (including phenoxy) is 5. The van der Waals surface area contributed by atoms with Gasteiger partial charge < -0.3 is 44.1 Å². The summed E-state index contributed by atoms with van der Waals surface area (Å²) in [5.41, 5.74) is 0.918. The fourth-order valence-corrected chi connectivity index (χ4v) is 12.6. The van der Waals surface area contributed by atoms with Gasteiger partial charge in [0.15, 0.2) is 11.5 Å². The minimum absolute atomic E-state index is 0.00754. The van der Waals surface area contributed by atoms with E-state index in [2.05, 4.69) is 17.2 Å². The molecule has 5 aromatic rings. The number of imide groups is 1. The number of anilines is 1. The lowest BCUT2D eigenvalue weighted by atomic mass is 9.64. The van der Waals surface area contributed by atoms with Gasteiger partial charge in [-0.3, -0.25) is 19.3 Å². The Kier molecular flexibility index (Phi) is 15.4. The fraction of sp³-hybridized carbons (Fsp3) is 0.403. The van der Waals surface area contributed by atoms with E-state index in [1.54, 1.807) is 68.3 Å². The van der Waals surface area contributed by atoms with E-state index < -0.39 is 82.9 Å². The number of nitrogens with one attached hydrogen (secondary N) is 1. The summed E-state index contributed by atoms with van der Waals surface area (Å²) in [7, 11) is 4.31. The summed E-state index contributed by atoms with van der Waals surface area (Å²) in [5, 5.41) is 24.4. The van der Waals surface area contributed by atoms with Crippen molar-refractivity contribution < 1.29 is 57.9 Å². The number of methoxy groups -OCH3 is 3. The van der Waals surface area contributed by atoms with E-state index in [1.165, 1.54) is 14.2 Å². The average molecular weight is 1060 g/mol. The number of nitrogens with zero attached hydrogens (tertiary/aromatic N) is 3. The fourth-order valence-electron chi connectivity index (χ4n) is 12.6. The Morgan fingerprint density at radius 2 is 1.45 bits per heavy atom. The first-order valence-electron chi connectivity index (χ1n) is 26.8. The number of aliphatic hydroxyl groups is 2. The quantitative estimate of drug-likeness (QED) is 0.0627. The summed E-state index contributed by atoms with van der Waals surface area (Å²) in [5.74, 6) is 2.92. The molecule has 16 heteroatoms. The number of hydrogen-bond donors (Lipinski definition) is 3. The van der Waals surface area contributed by atoms with E-state index in [0.29, 0.717) is 53.2 Å². The maximum atomic E-state index is 17.1. The molecule has 1 aliphatic carbocycles. The van der Waals surface area contributed by atoms with E-state index in [0.717, 1.165) is 47.3 Å². The molecule has 3 N–H and O–H groups in total. The Hall–Kier alpha value is -7.71. The summed E-state index contributed by atoms with van der Waals surface area (Å²) in [6, 6.07) is 28.9. The Morgan fingerprint density at radius 1 is 0.795 bits per heavy atom. The molecule has 3 fully saturated rings. The Labute approximate surface area is 454 Å². The Morgan fingerprint density at radius 3 is 2.08 bits per heavy atom. The van der Waals surface area contributed by atoms with Crippen LogP contribution in [0.3, 0.4) is 0 Å². The molecule has 2 saturated heterocycles. The highest BCUT2D eigenvalue weighted by atomic mass is 16.6. The third kappa shape index (κ3) is 9.62. The smallest absolute Gasteiger partial charge is 0.329 e. The molecule has 1 spiro atoms. The predicted octanol–water partition coefficient (Wildman–Crippen LogP) is 7.67. The normalized spacial score (nSPS) is 23.7. The van der Waals surface area contributed by atoms with E-state index in [9.17, 15) is 15.0 Å². The van der Waals surface area contributed by atoms with Gasteiger partial charge in [0.2, 0.25) is 11.8 Å². The number of benzene rings is 5. The lowest BCUT2D eigenvalue weighted by Crippen LogP contribution is -2.58. The van der Waals surface area contributed by atoms with Gasteiger partial charge in [-0.1, -0.05) is 111 Å². The molecule has 7 atom stereocenters. The summed E-state index contributed by atoms with van der Waals surface area (Å²) < 4.78 is 29.1. The third-order valence-electron chi connectivity index (χ3n) is 16.3. The zero-order valence-electron chi connectivity index (χ0n) is 44.6. The minimum atomic E-state index is -2.15. The van der Waals surface area contributed by atoms with Crippen LogP contribution in [0.4, 0.5) is 10.5 Å². The molecule has 16 nitrogen and oxygen atoms in total. The van der Waals surface area contributed by atoms with Gasteiger partial charge in [0.1, 0.15) is 41.6 Å². The lowest BCUT2D eigenvalue weighted by Gasteiger charge is -2.46. The molecule has 4 heterocycles. The van der Waals surface area contributed by atoms with Crippen LogP contribution in [0.2, 0.25) is 0 Å². The van der Waals surface area contributed by atoms with Crippen LogP contribution in [0.25, 0.3) is 0 Å². The molecular weight excluding hydrogens is 993 g/mol. The van der Waals surface area contributed by atoms with Gasteiger partial charge in [-0.2, -0.15) is 0 Å². The largest absolute Gasteiger partial charge is 0.493 e. The molecule has 4 aliphatic heterocycles. The highest BCUT2D eigenvalue weighted by Gasteiger charge is 2.76. The Balaban J connectivity index is 1.27. The minimum Gasteiger partial charge on any atom is -0.493 e. The van der Waals surface area contributed by atoms with Crippen molar-refractivity contribution >= 4 is 35.5 Å². The number of rotatable bonds is 12. The highest BCUT2D eigenvalue weighted by molar-refractivity contribution is 6.25. The standard InChI is InChI=1S/C62H66N4O12/c1-38(2)51(57(69)76-5)63-60(72)65-47-25-20-39(26-30-61(73)28-14-6-7-15-29-61)34-46(47)62(59(65)71)50(56(68)64-31-27-43-35-48(74-3)49(75-4)36-44(43)37-64)53-58(70)78-54(41-18-12-9-13-19-41)52(40-16-10-8-11-17-40)66(53)55(62)42-21-23-45(24-22-42)77-33-32-67/h8-13,16-25,34-36,38,50-55,67,73H,6-7,14-15,27-29,31-33,37H2,1-5H3,(H,63,72). The van der Waals surface area contributed by atoms with Gasteiger partial charge in [-0.05, 0) is 114 Å². The topological polar surface area (TPSA) is 194 Å². The number of morpholine rings is 1.